The molecular weight excluding hydrogens is 196 g/mol. The fraction of sp³-hybridized carbons (Fsp3) is 1.00. The summed E-state index contributed by atoms with van der Waals surface area (Å²) in [5.41, 5.74) is 6.80. The lowest BCUT2D eigenvalue weighted by Crippen LogP contribution is -2.54. The third-order valence-electron chi connectivity index (χ3n) is 4.70. The maximum Gasteiger partial charge on any atom is 0.0304 e. The summed E-state index contributed by atoms with van der Waals surface area (Å²) in [5, 5.41) is 3.77. The molecule has 0 spiro atoms. The quantitative estimate of drug-likeness (QED) is 0.753. The van der Waals surface area contributed by atoms with Crippen LogP contribution in [0.15, 0.2) is 0 Å². The Morgan fingerprint density at radius 1 is 1.12 bits per heavy atom. The Hall–Kier alpha value is -0.0800. The largest absolute Gasteiger partial charge is 0.329 e. The maximum atomic E-state index is 6.00. The summed E-state index contributed by atoms with van der Waals surface area (Å²) in [5.74, 6) is 1.03. The van der Waals surface area contributed by atoms with Crippen molar-refractivity contribution in [3.8, 4) is 0 Å². The molecule has 16 heavy (non-hydrogen) atoms. The second-order valence-corrected chi connectivity index (χ2v) is 6.81. The fourth-order valence-electron chi connectivity index (χ4n) is 2.81. The molecule has 0 unspecified atom stereocenters. The van der Waals surface area contributed by atoms with E-state index in [0.717, 1.165) is 12.5 Å². The van der Waals surface area contributed by atoms with Crippen LogP contribution in [-0.2, 0) is 0 Å². The topological polar surface area (TPSA) is 38.0 Å². The van der Waals surface area contributed by atoms with Gasteiger partial charge in [-0.15, -0.1) is 0 Å². The van der Waals surface area contributed by atoms with E-state index in [2.05, 4.69) is 19.2 Å². The zero-order valence-corrected chi connectivity index (χ0v) is 11.0. The molecule has 0 aromatic heterocycles. The first-order valence-electron chi connectivity index (χ1n) is 7.00. The van der Waals surface area contributed by atoms with Crippen molar-refractivity contribution in [1.29, 1.82) is 0 Å². The van der Waals surface area contributed by atoms with Crippen LogP contribution in [0, 0.1) is 11.3 Å². The molecule has 2 saturated carbocycles. The second kappa shape index (κ2) is 4.66. The smallest absolute Gasteiger partial charge is 0.0304 e. The Morgan fingerprint density at radius 3 is 2.25 bits per heavy atom. The number of rotatable bonds is 5. The van der Waals surface area contributed by atoms with E-state index in [9.17, 15) is 0 Å². The Labute approximate surface area is 100 Å². The average Bonchev–Trinajstić information content (AvgIpc) is 3.05. The maximum absolute atomic E-state index is 6.00. The number of hydrogen-bond donors (Lipinski definition) is 2. The van der Waals surface area contributed by atoms with E-state index in [1.807, 2.05) is 0 Å². The third-order valence-corrected chi connectivity index (χ3v) is 4.70. The Morgan fingerprint density at radius 2 is 1.75 bits per heavy atom. The minimum atomic E-state index is 0.268. The van der Waals surface area contributed by atoms with Gasteiger partial charge in [0.25, 0.3) is 0 Å². The van der Waals surface area contributed by atoms with E-state index in [1.54, 1.807) is 0 Å². The van der Waals surface area contributed by atoms with Crippen molar-refractivity contribution < 1.29 is 0 Å². The van der Waals surface area contributed by atoms with Crippen molar-refractivity contribution in [3.63, 3.8) is 0 Å². The molecule has 0 heterocycles. The summed E-state index contributed by atoms with van der Waals surface area (Å²) in [4.78, 5) is 0. The molecule has 3 N–H and O–H groups in total. The predicted molar refractivity (Wildman–Crippen MR) is 69.4 cm³/mol. The van der Waals surface area contributed by atoms with E-state index in [-0.39, 0.29) is 5.54 Å². The van der Waals surface area contributed by atoms with Gasteiger partial charge in [-0.05, 0) is 50.0 Å². The second-order valence-electron chi connectivity index (χ2n) is 6.81. The molecule has 2 fully saturated rings. The van der Waals surface area contributed by atoms with Crippen molar-refractivity contribution in [2.75, 3.05) is 13.1 Å². The third kappa shape index (κ3) is 3.21. The van der Waals surface area contributed by atoms with Crippen LogP contribution in [0.2, 0.25) is 0 Å². The molecule has 94 valence electrons. The van der Waals surface area contributed by atoms with Crippen LogP contribution in [0.3, 0.4) is 0 Å². The van der Waals surface area contributed by atoms with Gasteiger partial charge >= 0.3 is 0 Å². The van der Waals surface area contributed by atoms with Gasteiger partial charge < -0.3 is 11.1 Å². The Kier molecular flexibility index (Phi) is 3.60. The molecule has 2 aliphatic carbocycles. The van der Waals surface area contributed by atoms with Crippen LogP contribution in [0.4, 0.5) is 0 Å². The van der Waals surface area contributed by atoms with Gasteiger partial charge in [0.05, 0.1) is 0 Å². The highest BCUT2D eigenvalue weighted by molar-refractivity contribution is 4.96. The lowest BCUT2D eigenvalue weighted by atomic mass is 9.69. The highest BCUT2D eigenvalue weighted by Crippen LogP contribution is 2.40. The van der Waals surface area contributed by atoms with Gasteiger partial charge in [0.1, 0.15) is 0 Å². The summed E-state index contributed by atoms with van der Waals surface area (Å²) in [6.45, 7) is 6.77. The van der Waals surface area contributed by atoms with Gasteiger partial charge in [-0.1, -0.05) is 26.7 Å². The fourth-order valence-corrected chi connectivity index (χ4v) is 2.81. The Balaban J connectivity index is 1.77. The van der Waals surface area contributed by atoms with Crippen LogP contribution in [0.25, 0.3) is 0 Å². The van der Waals surface area contributed by atoms with Gasteiger partial charge in [0.2, 0.25) is 0 Å². The number of nitrogens with one attached hydrogen (secondary N) is 1. The van der Waals surface area contributed by atoms with Crippen molar-refractivity contribution in [3.05, 3.63) is 0 Å². The predicted octanol–water partition coefficient (Wildman–Crippen LogP) is 2.67. The monoisotopic (exact) mass is 224 g/mol. The van der Waals surface area contributed by atoms with E-state index < -0.39 is 0 Å². The van der Waals surface area contributed by atoms with E-state index in [1.165, 1.54) is 51.5 Å². The molecule has 0 aromatic carbocycles. The molecule has 2 aliphatic rings. The minimum absolute atomic E-state index is 0.268. The lowest BCUT2D eigenvalue weighted by molar-refractivity contribution is 0.139. The van der Waals surface area contributed by atoms with Crippen LogP contribution in [0.1, 0.15) is 58.8 Å². The molecule has 0 amide bonds. The van der Waals surface area contributed by atoms with Gasteiger partial charge in [0, 0.05) is 12.1 Å². The van der Waals surface area contributed by atoms with E-state index in [4.69, 9.17) is 5.73 Å². The normalized spacial score (nSPS) is 27.9. The van der Waals surface area contributed by atoms with Crippen molar-refractivity contribution in [1.82, 2.24) is 5.32 Å². The highest BCUT2D eigenvalue weighted by atomic mass is 15.0. The lowest BCUT2D eigenvalue weighted by Gasteiger charge is -2.43. The molecule has 2 nitrogen and oxygen atoms in total. The van der Waals surface area contributed by atoms with Crippen LogP contribution in [0.5, 0.6) is 0 Å². The summed E-state index contributed by atoms with van der Waals surface area (Å²) in [6, 6.07) is 0. The van der Waals surface area contributed by atoms with Gasteiger partial charge in [-0.3, -0.25) is 0 Å². The zero-order valence-electron chi connectivity index (χ0n) is 11.0. The van der Waals surface area contributed by atoms with Gasteiger partial charge in [0.15, 0.2) is 0 Å². The van der Waals surface area contributed by atoms with Crippen LogP contribution in [-0.4, -0.2) is 18.6 Å². The van der Waals surface area contributed by atoms with E-state index >= 15 is 0 Å². The van der Waals surface area contributed by atoms with Crippen molar-refractivity contribution in [2.24, 2.45) is 17.1 Å². The number of hydrogen-bond acceptors (Lipinski definition) is 2. The molecular formula is C14H28N2. The molecule has 0 radical (unpaired) electrons. The van der Waals surface area contributed by atoms with Crippen molar-refractivity contribution in [2.45, 2.75) is 64.3 Å². The van der Waals surface area contributed by atoms with Crippen LogP contribution >= 0.6 is 0 Å². The molecule has 2 rings (SSSR count). The van der Waals surface area contributed by atoms with E-state index in [0.29, 0.717) is 5.41 Å². The molecule has 0 saturated heterocycles. The number of nitrogens with two attached hydrogens (primary N) is 1. The highest BCUT2D eigenvalue weighted by Gasteiger charge is 2.37. The SMILES string of the molecule is CC1(C)CCC(CN)(NCCC2CC2)CC1. The standard InChI is InChI=1S/C14H28N2/c1-13(2)6-8-14(11-15,9-7-13)16-10-5-12-3-4-12/h12,16H,3-11,15H2,1-2H3. The molecule has 0 aliphatic heterocycles. The zero-order chi connectivity index (χ0) is 11.6. The van der Waals surface area contributed by atoms with Gasteiger partial charge in [-0.2, -0.15) is 0 Å². The first-order valence-corrected chi connectivity index (χ1v) is 7.00. The Bertz CT molecular complexity index is 221. The van der Waals surface area contributed by atoms with Crippen molar-refractivity contribution >= 4 is 0 Å². The minimum Gasteiger partial charge on any atom is -0.329 e. The van der Waals surface area contributed by atoms with Crippen LogP contribution < -0.4 is 11.1 Å². The molecule has 0 aromatic rings. The summed E-state index contributed by atoms with van der Waals surface area (Å²) in [6.07, 6.45) is 9.46. The average molecular weight is 224 g/mol. The molecule has 2 heteroatoms. The molecule has 0 atom stereocenters. The summed E-state index contributed by atoms with van der Waals surface area (Å²) < 4.78 is 0. The first-order chi connectivity index (χ1) is 7.55. The van der Waals surface area contributed by atoms with Gasteiger partial charge in [-0.25, -0.2) is 0 Å². The first kappa shape index (κ1) is 12.4. The summed E-state index contributed by atoms with van der Waals surface area (Å²) >= 11 is 0. The summed E-state index contributed by atoms with van der Waals surface area (Å²) in [7, 11) is 0. The molecule has 0 bridgehead atoms.